The van der Waals surface area contributed by atoms with Gasteiger partial charge in [-0.1, -0.05) is 6.07 Å². The Hall–Kier alpha value is -1.87. The fourth-order valence-corrected chi connectivity index (χ4v) is 2.47. The monoisotopic (exact) mass is 271 g/mol. The van der Waals surface area contributed by atoms with E-state index in [1.54, 1.807) is 6.20 Å². The van der Waals surface area contributed by atoms with Crippen LogP contribution < -0.4 is 0 Å². The molecular formula is C15H14ClN3. The maximum absolute atomic E-state index is 6.35. The van der Waals surface area contributed by atoms with Gasteiger partial charge in [0.1, 0.15) is 5.65 Å². The average Bonchev–Trinajstić information content (AvgIpc) is 2.78. The largest absolute Gasteiger partial charge is 0.302 e. The Morgan fingerprint density at radius 1 is 1.26 bits per heavy atom. The van der Waals surface area contributed by atoms with Crippen LogP contribution in [-0.2, 0) is 0 Å². The van der Waals surface area contributed by atoms with E-state index in [2.05, 4.69) is 33.6 Å². The minimum Gasteiger partial charge on any atom is -0.302 e. The molecule has 4 heteroatoms. The number of hydrogen-bond donors (Lipinski definition) is 0. The Labute approximate surface area is 116 Å². The summed E-state index contributed by atoms with van der Waals surface area (Å²) in [6, 6.07) is 7.98. The first-order valence-electron chi connectivity index (χ1n) is 6.20. The van der Waals surface area contributed by atoms with Crippen LogP contribution in [0.2, 0.25) is 0 Å². The van der Waals surface area contributed by atoms with Crippen LogP contribution in [0, 0.1) is 6.92 Å². The Bertz CT molecular complexity index is 717. The first-order valence-corrected chi connectivity index (χ1v) is 6.63. The van der Waals surface area contributed by atoms with Gasteiger partial charge in [0.15, 0.2) is 0 Å². The fourth-order valence-electron chi connectivity index (χ4n) is 2.26. The zero-order valence-electron chi connectivity index (χ0n) is 10.8. The molecule has 3 rings (SSSR count). The topological polar surface area (TPSA) is 30.2 Å². The van der Waals surface area contributed by atoms with Gasteiger partial charge >= 0.3 is 0 Å². The second kappa shape index (κ2) is 4.67. The van der Waals surface area contributed by atoms with E-state index in [0.717, 1.165) is 22.6 Å². The highest BCUT2D eigenvalue weighted by Crippen LogP contribution is 2.31. The van der Waals surface area contributed by atoms with Crippen molar-refractivity contribution < 1.29 is 0 Å². The van der Waals surface area contributed by atoms with E-state index in [4.69, 9.17) is 11.6 Å². The number of rotatable bonds is 2. The van der Waals surface area contributed by atoms with Crippen LogP contribution in [0.3, 0.4) is 0 Å². The van der Waals surface area contributed by atoms with Gasteiger partial charge in [-0.2, -0.15) is 0 Å². The normalized spacial score (nSPS) is 12.8. The van der Waals surface area contributed by atoms with E-state index in [1.165, 1.54) is 5.56 Å². The lowest BCUT2D eigenvalue weighted by Gasteiger charge is -2.07. The molecule has 3 aromatic rings. The molecule has 1 unspecified atom stereocenters. The van der Waals surface area contributed by atoms with Crippen LogP contribution in [0.5, 0.6) is 0 Å². The molecule has 1 atom stereocenters. The van der Waals surface area contributed by atoms with Gasteiger partial charge in [-0.25, -0.2) is 4.98 Å². The number of hydrogen-bond acceptors (Lipinski definition) is 2. The van der Waals surface area contributed by atoms with E-state index in [1.807, 2.05) is 31.3 Å². The summed E-state index contributed by atoms with van der Waals surface area (Å²) in [6.07, 6.45) is 5.64. The third kappa shape index (κ3) is 2.10. The van der Waals surface area contributed by atoms with Crippen LogP contribution in [0.1, 0.15) is 23.6 Å². The van der Waals surface area contributed by atoms with Crippen molar-refractivity contribution in [2.45, 2.75) is 19.2 Å². The minimum absolute atomic E-state index is 0.119. The van der Waals surface area contributed by atoms with E-state index in [9.17, 15) is 0 Å². The van der Waals surface area contributed by atoms with Crippen molar-refractivity contribution in [3.63, 3.8) is 0 Å². The van der Waals surface area contributed by atoms with Gasteiger partial charge in [0.2, 0.25) is 0 Å². The zero-order chi connectivity index (χ0) is 13.4. The first-order chi connectivity index (χ1) is 9.16. The molecule has 0 saturated heterocycles. The molecule has 0 aliphatic rings. The maximum Gasteiger partial charge on any atom is 0.137 e. The van der Waals surface area contributed by atoms with Crippen LogP contribution in [0.4, 0.5) is 0 Å². The predicted octanol–water partition coefficient (Wildman–Crippen LogP) is 4.00. The van der Waals surface area contributed by atoms with Crippen molar-refractivity contribution in [1.82, 2.24) is 14.4 Å². The van der Waals surface area contributed by atoms with Crippen molar-refractivity contribution in [3.05, 3.63) is 54.1 Å². The summed E-state index contributed by atoms with van der Waals surface area (Å²) in [5.74, 6) is 0. The summed E-state index contributed by atoms with van der Waals surface area (Å²) in [4.78, 5) is 8.84. The van der Waals surface area contributed by atoms with Gasteiger partial charge < -0.3 is 4.40 Å². The number of fused-ring (bicyclic) bond motifs is 1. The molecule has 3 aromatic heterocycles. The van der Waals surface area contributed by atoms with Gasteiger partial charge in [0.25, 0.3) is 0 Å². The molecule has 0 saturated carbocycles. The molecular weight excluding hydrogens is 258 g/mol. The first kappa shape index (κ1) is 12.2. The Balaban J connectivity index is 2.33. The average molecular weight is 272 g/mol. The van der Waals surface area contributed by atoms with E-state index >= 15 is 0 Å². The number of halogens is 1. The summed E-state index contributed by atoms with van der Waals surface area (Å²) in [5, 5.41) is -0.119. The summed E-state index contributed by atoms with van der Waals surface area (Å²) in [7, 11) is 0. The molecule has 0 spiro atoms. The van der Waals surface area contributed by atoms with E-state index < -0.39 is 0 Å². The molecule has 0 fully saturated rings. The molecule has 0 aromatic carbocycles. The molecule has 0 bridgehead atoms. The second-order valence-corrected chi connectivity index (χ2v) is 5.29. The van der Waals surface area contributed by atoms with Gasteiger partial charge in [0.05, 0.1) is 16.8 Å². The molecule has 19 heavy (non-hydrogen) atoms. The molecule has 96 valence electrons. The Kier molecular flexibility index (Phi) is 2.99. The van der Waals surface area contributed by atoms with Gasteiger partial charge in [-0.3, -0.25) is 4.98 Å². The van der Waals surface area contributed by atoms with Crippen LogP contribution >= 0.6 is 11.6 Å². The number of aromatic nitrogens is 3. The van der Waals surface area contributed by atoms with Crippen molar-refractivity contribution in [1.29, 1.82) is 0 Å². The SMILES string of the molecule is Cc1ccc2nc(-c3cccnc3)c(C(C)Cl)n2c1. The summed E-state index contributed by atoms with van der Waals surface area (Å²) >= 11 is 6.35. The lowest BCUT2D eigenvalue weighted by Crippen LogP contribution is -1.96. The number of imidazole rings is 1. The Morgan fingerprint density at radius 3 is 2.79 bits per heavy atom. The zero-order valence-corrected chi connectivity index (χ0v) is 11.6. The molecule has 0 aliphatic heterocycles. The fraction of sp³-hybridized carbons (Fsp3) is 0.200. The number of nitrogens with zero attached hydrogens (tertiary/aromatic N) is 3. The quantitative estimate of drug-likeness (QED) is 0.660. The second-order valence-electron chi connectivity index (χ2n) is 4.64. The van der Waals surface area contributed by atoms with E-state index in [0.29, 0.717) is 0 Å². The third-order valence-electron chi connectivity index (χ3n) is 3.12. The highest BCUT2D eigenvalue weighted by Gasteiger charge is 2.17. The van der Waals surface area contributed by atoms with Crippen molar-refractivity contribution >= 4 is 17.2 Å². The van der Waals surface area contributed by atoms with Gasteiger partial charge in [-0.05, 0) is 37.6 Å². The standard InChI is InChI=1S/C15H14ClN3/c1-10-5-6-13-18-14(12-4-3-7-17-8-12)15(11(2)16)19(13)9-10/h3-9,11H,1-2H3. The summed E-state index contributed by atoms with van der Waals surface area (Å²) < 4.78 is 2.06. The molecule has 0 aliphatic carbocycles. The lowest BCUT2D eigenvalue weighted by molar-refractivity contribution is 0.959. The highest BCUT2D eigenvalue weighted by atomic mass is 35.5. The molecule has 3 nitrogen and oxygen atoms in total. The minimum atomic E-state index is -0.119. The van der Waals surface area contributed by atoms with Crippen molar-refractivity contribution in [2.75, 3.05) is 0 Å². The van der Waals surface area contributed by atoms with Crippen LogP contribution in [0.15, 0.2) is 42.9 Å². The van der Waals surface area contributed by atoms with Crippen molar-refractivity contribution in [3.8, 4) is 11.3 Å². The third-order valence-corrected chi connectivity index (χ3v) is 3.32. The molecule has 0 N–H and O–H groups in total. The van der Waals surface area contributed by atoms with Crippen LogP contribution in [-0.4, -0.2) is 14.4 Å². The molecule has 3 heterocycles. The Morgan fingerprint density at radius 2 is 2.11 bits per heavy atom. The molecule has 0 amide bonds. The number of aryl methyl sites for hydroxylation is 1. The van der Waals surface area contributed by atoms with Gasteiger partial charge in [-0.15, -0.1) is 11.6 Å². The predicted molar refractivity (Wildman–Crippen MR) is 77.4 cm³/mol. The number of pyridine rings is 2. The van der Waals surface area contributed by atoms with Crippen LogP contribution in [0.25, 0.3) is 16.9 Å². The maximum atomic E-state index is 6.35. The highest BCUT2D eigenvalue weighted by molar-refractivity contribution is 6.20. The van der Waals surface area contributed by atoms with Gasteiger partial charge in [0, 0.05) is 24.2 Å². The molecule has 0 radical (unpaired) electrons. The smallest absolute Gasteiger partial charge is 0.137 e. The lowest BCUT2D eigenvalue weighted by atomic mass is 10.1. The number of alkyl halides is 1. The van der Waals surface area contributed by atoms with Crippen molar-refractivity contribution in [2.24, 2.45) is 0 Å². The summed E-state index contributed by atoms with van der Waals surface area (Å²) in [6.45, 7) is 4.03. The summed E-state index contributed by atoms with van der Waals surface area (Å²) in [5.41, 5.74) is 4.99. The van der Waals surface area contributed by atoms with E-state index in [-0.39, 0.29) is 5.38 Å².